The molecule has 1 amide bonds. The van der Waals surface area contributed by atoms with Crippen LogP contribution < -0.4 is 0 Å². The normalized spacial score (nSPS) is 16.4. The van der Waals surface area contributed by atoms with Gasteiger partial charge in [0.25, 0.3) is 5.91 Å². The maximum atomic E-state index is 12.9. The number of likely N-dealkylation sites (tertiary alicyclic amines) is 1. The largest absolute Gasteiger partial charge is 0.385 e. The Labute approximate surface area is 157 Å². The molecule has 3 aromatic rings. The van der Waals surface area contributed by atoms with E-state index in [4.69, 9.17) is 0 Å². The molecule has 4 rings (SSSR count). The third-order valence-electron chi connectivity index (χ3n) is 5.32. The fraction of sp³-hybridized carbons (Fsp3) is 0.350. The highest BCUT2D eigenvalue weighted by molar-refractivity contribution is 5.95. The lowest BCUT2D eigenvalue weighted by Gasteiger charge is -2.34. The second-order valence-corrected chi connectivity index (χ2v) is 7.02. The van der Waals surface area contributed by atoms with Crippen LogP contribution in [0.2, 0.25) is 0 Å². The van der Waals surface area contributed by atoms with Gasteiger partial charge in [-0.3, -0.25) is 9.89 Å². The number of nitrogens with zero attached hydrogens (tertiary/aromatic N) is 4. The number of amides is 1. The van der Waals surface area contributed by atoms with Crippen LogP contribution in [-0.4, -0.2) is 48.8 Å². The molecule has 2 aromatic heterocycles. The number of carbonyl (C=O) groups is 1. The molecule has 3 heterocycles. The highest BCUT2D eigenvalue weighted by Crippen LogP contribution is 2.30. The van der Waals surface area contributed by atoms with Crippen LogP contribution in [0.1, 0.15) is 35.1 Å². The molecule has 1 aromatic carbocycles. The van der Waals surface area contributed by atoms with Gasteiger partial charge in [0.1, 0.15) is 11.9 Å². The van der Waals surface area contributed by atoms with Gasteiger partial charge in [-0.05, 0) is 37.0 Å². The van der Waals surface area contributed by atoms with Crippen molar-refractivity contribution in [1.82, 2.24) is 24.6 Å². The van der Waals surface area contributed by atoms with Gasteiger partial charge in [-0.2, -0.15) is 5.10 Å². The van der Waals surface area contributed by atoms with Gasteiger partial charge in [0.2, 0.25) is 0 Å². The van der Waals surface area contributed by atoms with Gasteiger partial charge < -0.3 is 14.6 Å². The first-order chi connectivity index (χ1) is 13.1. The highest BCUT2D eigenvalue weighted by Gasteiger charge is 2.30. The van der Waals surface area contributed by atoms with E-state index in [1.807, 2.05) is 53.0 Å². The molecular formula is C20H23N5O2. The van der Waals surface area contributed by atoms with E-state index < -0.39 is 6.10 Å². The summed E-state index contributed by atoms with van der Waals surface area (Å²) in [4.78, 5) is 19.0. The fourth-order valence-corrected chi connectivity index (χ4v) is 3.71. The summed E-state index contributed by atoms with van der Waals surface area (Å²) >= 11 is 0. The molecule has 1 fully saturated rings. The SMILES string of the molecule is Cn1ccnc1C(O)C1CCN(C(=O)c2cccc(-c3ccn[nH]3)c2)CC1. The number of aryl methyl sites for hydroxylation is 1. The minimum Gasteiger partial charge on any atom is -0.385 e. The number of piperidine rings is 1. The summed E-state index contributed by atoms with van der Waals surface area (Å²) in [7, 11) is 1.89. The minimum atomic E-state index is -0.592. The van der Waals surface area contributed by atoms with E-state index in [9.17, 15) is 9.90 Å². The van der Waals surface area contributed by atoms with Crippen LogP contribution in [-0.2, 0) is 7.05 Å². The third kappa shape index (κ3) is 3.50. The molecule has 0 spiro atoms. The first-order valence-corrected chi connectivity index (χ1v) is 9.18. The van der Waals surface area contributed by atoms with Crippen molar-refractivity contribution in [2.75, 3.05) is 13.1 Å². The molecule has 7 nitrogen and oxygen atoms in total. The van der Waals surface area contributed by atoms with Crippen molar-refractivity contribution in [3.63, 3.8) is 0 Å². The number of aliphatic hydroxyl groups excluding tert-OH is 1. The molecule has 7 heteroatoms. The summed E-state index contributed by atoms with van der Waals surface area (Å²) in [6.45, 7) is 1.28. The number of hydrogen-bond acceptors (Lipinski definition) is 4. The zero-order valence-electron chi connectivity index (χ0n) is 15.2. The lowest BCUT2D eigenvalue weighted by molar-refractivity contribution is 0.0420. The van der Waals surface area contributed by atoms with Crippen LogP contribution in [0.5, 0.6) is 0 Å². The summed E-state index contributed by atoms with van der Waals surface area (Å²) in [5.41, 5.74) is 2.50. The van der Waals surface area contributed by atoms with E-state index in [0.717, 1.165) is 24.1 Å². The number of carbonyl (C=O) groups excluding carboxylic acids is 1. The van der Waals surface area contributed by atoms with E-state index in [2.05, 4.69) is 15.2 Å². The Balaban J connectivity index is 1.42. The minimum absolute atomic E-state index is 0.0290. The maximum Gasteiger partial charge on any atom is 0.253 e. The molecular weight excluding hydrogens is 342 g/mol. The zero-order chi connectivity index (χ0) is 18.8. The Hall–Kier alpha value is -2.93. The van der Waals surface area contributed by atoms with Gasteiger partial charge in [-0.25, -0.2) is 4.98 Å². The van der Waals surface area contributed by atoms with E-state index in [1.165, 1.54) is 0 Å². The average molecular weight is 365 g/mol. The van der Waals surface area contributed by atoms with Crippen LogP contribution >= 0.6 is 0 Å². The van der Waals surface area contributed by atoms with Crippen LogP contribution in [0.4, 0.5) is 0 Å². The van der Waals surface area contributed by atoms with Gasteiger partial charge in [0.05, 0.1) is 5.69 Å². The third-order valence-corrected chi connectivity index (χ3v) is 5.32. The molecule has 1 aliphatic rings. The molecule has 0 radical (unpaired) electrons. The summed E-state index contributed by atoms with van der Waals surface area (Å²) in [6, 6.07) is 9.47. The summed E-state index contributed by atoms with van der Waals surface area (Å²) in [5.74, 6) is 0.833. The zero-order valence-corrected chi connectivity index (χ0v) is 15.2. The second kappa shape index (κ2) is 7.36. The molecule has 1 saturated heterocycles. The van der Waals surface area contributed by atoms with E-state index in [1.54, 1.807) is 12.4 Å². The number of benzene rings is 1. The van der Waals surface area contributed by atoms with Crippen molar-refractivity contribution >= 4 is 5.91 Å². The average Bonchev–Trinajstić information content (AvgIpc) is 3.39. The van der Waals surface area contributed by atoms with E-state index in [0.29, 0.717) is 24.5 Å². The van der Waals surface area contributed by atoms with Crippen molar-refractivity contribution in [2.45, 2.75) is 18.9 Å². The predicted molar refractivity (Wildman–Crippen MR) is 101 cm³/mol. The number of H-pyrrole nitrogens is 1. The van der Waals surface area contributed by atoms with Crippen molar-refractivity contribution in [2.24, 2.45) is 13.0 Å². The number of aliphatic hydroxyl groups is 1. The Morgan fingerprint density at radius 1 is 1.26 bits per heavy atom. The Kier molecular flexibility index (Phi) is 4.77. The smallest absolute Gasteiger partial charge is 0.253 e. The van der Waals surface area contributed by atoms with Crippen molar-refractivity contribution in [3.05, 3.63) is 60.3 Å². The van der Waals surface area contributed by atoms with Crippen molar-refractivity contribution < 1.29 is 9.90 Å². The van der Waals surface area contributed by atoms with E-state index in [-0.39, 0.29) is 11.8 Å². The number of rotatable bonds is 4. The van der Waals surface area contributed by atoms with Gasteiger partial charge in [-0.15, -0.1) is 0 Å². The van der Waals surface area contributed by atoms with Crippen LogP contribution in [0, 0.1) is 5.92 Å². The molecule has 1 aliphatic heterocycles. The summed E-state index contributed by atoms with van der Waals surface area (Å²) < 4.78 is 1.85. The van der Waals surface area contributed by atoms with Crippen LogP contribution in [0.3, 0.4) is 0 Å². The lowest BCUT2D eigenvalue weighted by Crippen LogP contribution is -2.40. The number of aromatic amines is 1. The standard InChI is InChI=1S/C20H23N5O2/c1-24-12-9-21-19(24)18(26)14-6-10-25(11-7-14)20(27)16-4-2-3-15(13-16)17-5-8-22-23-17/h2-5,8-9,12-14,18,26H,6-7,10-11H2,1H3,(H,22,23). The van der Waals surface area contributed by atoms with Crippen molar-refractivity contribution in [1.29, 1.82) is 0 Å². The topological polar surface area (TPSA) is 87.0 Å². The quantitative estimate of drug-likeness (QED) is 0.743. The van der Waals surface area contributed by atoms with Gasteiger partial charge >= 0.3 is 0 Å². The van der Waals surface area contributed by atoms with Crippen molar-refractivity contribution in [3.8, 4) is 11.3 Å². The molecule has 27 heavy (non-hydrogen) atoms. The van der Waals surface area contributed by atoms with Crippen LogP contribution in [0.25, 0.3) is 11.3 Å². The highest BCUT2D eigenvalue weighted by atomic mass is 16.3. The van der Waals surface area contributed by atoms with E-state index >= 15 is 0 Å². The van der Waals surface area contributed by atoms with Gasteiger partial charge in [0, 0.05) is 49.9 Å². The summed E-state index contributed by atoms with van der Waals surface area (Å²) in [6.07, 6.45) is 6.17. The molecule has 1 atom stereocenters. The van der Waals surface area contributed by atoms with Gasteiger partial charge in [0.15, 0.2) is 0 Å². The number of hydrogen-bond donors (Lipinski definition) is 2. The number of nitrogens with one attached hydrogen (secondary N) is 1. The Morgan fingerprint density at radius 3 is 2.74 bits per heavy atom. The van der Waals surface area contributed by atoms with Crippen LogP contribution in [0.15, 0.2) is 48.9 Å². The Morgan fingerprint density at radius 2 is 2.07 bits per heavy atom. The Bertz CT molecular complexity index is 910. The molecule has 0 aliphatic carbocycles. The number of aromatic nitrogens is 4. The molecule has 0 saturated carbocycles. The number of imidazole rings is 1. The maximum absolute atomic E-state index is 12.9. The fourth-order valence-electron chi connectivity index (χ4n) is 3.71. The lowest BCUT2D eigenvalue weighted by atomic mass is 9.90. The molecule has 1 unspecified atom stereocenters. The first-order valence-electron chi connectivity index (χ1n) is 9.18. The molecule has 140 valence electrons. The monoisotopic (exact) mass is 365 g/mol. The van der Waals surface area contributed by atoms with Gasteiger partial charge in [-0.1, -0.05) is 12.1 Å². The predicted octanol–water partition coefficient (Wildman–Crippen LogP) is 2.40. The second-order valence-electron chi connectivity index (χ2n) is 7.02. The molecule has 2 N–H and O–H groups in total. The molecule has 0 bridgehead atoms. The first kappa shape index (κ1) is 17.5. The summed E-state index contributed by atoms with van der Waals surface area (Å²) in [5, 5.41) is 17.5.